The lowest BCUT2D eigenvalue weighted by Gasteiger charge is -2.26. The topological polar surface area (TPSA) is 59.4 Å². The third-order valence-corrected chi connectivity index (χ3v) is 4.04. The van der Waals surface area contributed by atoms with Gasteiger partial charge in [-0.1, -0.05) is 0 Å². The number of nitrogens with zero attached hydrogens (tertiary/aromatic N) is 3. The summed E-state index contributed by atoms with van der Waals surface area (Å²) in [4.78, 5) is 14.0. The molecule has 0 radical (unpaired) electrons. The maximum absolute atomic E-state index is 12.2. The predicted octanol–water partition coefficient (Wildman–Crippen LogP) is 0.209. The van der Waals surface area contributed by atoms with E-state index in [1.165, 1.54) is 12.8 Å². The maximum atomic E-state index is 12.2. The molecule has 0 aromatic carbocycles. The van der Waals surface area contributed by atoms with Crippen molar-refractivity contribution in [3.05, 3.63) is 18.0 Å². The van der Waals surface area contributed by atoms with Crippen LogP contribution in [0.4, 0.5) is 0 Å². The van der Waals surface area contributed by atoms with Gasteiger partial charge >= 0.3 is 0 Å². The second-order valence-corrected chi connectivity index (χ2v) is 5.47. The van der Waals surface area contributed by atoms with Crippen LogP contribution in [-0.4, -0.2) is 60.0 Å². The van der Waals surface area contributed by atoms with Crippen molar-refractivity contribution in [1.29, 1.82) is 0 Å². The predicted molar refractivity (Wildman–Crippen MR) is 74.5 cm³/mol. The molecule has 3 rings (SSSR count). The minimum atomic E-state index is 0.129. The van der Waals surface area contributed by atoms with E-state index in [1.807, 2.05) is 17.2 Å². The number of piperidine rings is 1. The van der Waals surface area contributed by atoms with Crippen LogP contribution >= 0.6 is 0 Å². The number of ether oxygens (including phenoxy) is 1. The second kappa shape index (κ2) is 6.37. The highest BCUT2D eigenvalue weighted by Crippen LogP contribution is 2.21. The Balaban J connectivity index is 1.57. The van der Waals surface area contributed by atoms with Crippen LogP contribution in [0.2, 0.25) is 0 Å². The van der Waals surface area contributed by atoms with Crippen molar-refractivity contribution >= 4 is 5.91 Å². The zero-order chi connectivity index (χ0) is 13.8. The molecular formula is C14H22N4O2. The Kier molecular flexibility index (Phi) is 4.32. The molecule has 6 heteroatoms. The van der Waals surface area contributed by atoms with Gasteiger partial charge in [0.1, 0.15) is 6.54 Å². The van der Waals surface area contributed by atoms with Gasteiger partial charge in [-0.25, -0.2) is 0 Å². The lowest BCUT2D eigenvalue weighted by Crippen LogP contribution is -2.42. The van der Waals surface area contributed by atoms with E-state index in [4.69, 9.17) is 4.74 Å². The SMILES string of the molecule is O=C(Cn1ccc([C@@H]2CCCNC2)n1)N1CCOCC1. The van der Waals surface area contributed by atoms with Crippen LogP contribution in [0.25, 0.3) is 0 Å². The van der Waals surface area contributed by atoms with E-state index < -0.39 is 0 Å². The zero-order valence-corrected chi connectivity index (χ0v) is 11.8. The van der Waals surface area contributed by atoms with Crippen molar-refractivity contribution in [2.24, 2.45) is 0 Å². The molecule has 2 fully saturated rings. The Hall–Kier alpha value is -1.40. The first-order valence-electron chi connectivity index (χ1n) is 7.42. The summed E-state index contributed by atoms with van der Waals surface area (Å²) in [5.41, 5.74) is 1.10. The molecule has 0 spiro atoms. The average molecular weight is 278 g/mol. The van der Waals surface area contributed by atoms with E-state index in [1.54, 1.807) is 4.68 Å². The summed E-state index contributed by atoms with van der Waals surface area (Å²) < 4.78 is 7.03. The summed E-state index contributed by atoms with van der Waals surface area (Å²) in [6.45, 7) is 5.11. The van der Waals surface area contributed by atoms with Crippen LogP contribution in [0.15, 0.2) is 12.3 Å². The molecule has 1 atom stereocenters. The summed E-state index contributed by atoms with van der Waals surface area (Å²) >= 11 is 0. The van der Waals surface area contributed by atoms with Gasteiger partial charge in [-0.2, -0.15) is 5.10 Å². The number of amides is 1. The molecule has 20 heavy (non-hydrogen) atoms. The lowest BCUT2D eigenvalue weighted by atomic mass is 9.97. The van der Waals surface area contributed by atoms with Gasteiger partial charge in [0.2, 0.25) is 5.91 Å². The molecule has 3 heterocycles. The molecule has 1 amide bonds. The van der Waals surface area contributed by atoms with Gasteiger partial charge in [-0.15, -0.1) is 0 Å². The lowest BCUT2D eigenvalue weighted by molar-refractivity contribution is -0.136. The number of morpholine rings is 1. The molecule has 2 aliphatic heterocycles. The quantitative estimate of drug-likeness (QED) is 0.858. The Bertz CT molecular complexity index is 448. The average Bonchev–Trinajstić information content (AvgIpc) is 2.97. The van der Waals surface area contributed by atoms with E-state index in [0.29, 0.717) is 38.8 Å². The Labute approximate surface area is 119 Å². The van der Waals surface area contributed by atoms with Gasteiger partial charge in [0.05, 0.1) is 18.9 Å². The van der Waals surface area contributed by atoms with E-state index in [-0.39, 0.29) is 5.91 Å². The Morgan fingerprint density at radius 2 is 2.30 bits per heavy atom. The molecule has 2 saturated heterocycles. The van der Waals surface area contributed by atoms with Gasteiger partial charge in [0.25, 0.3) is 0 Å². The number of carbonyl (C=O) groups is 1. The van der Waals surface area contributed by atoms with E-state index in [9.17, 15) is 4.79 Å². The van der Waals surface area contributed by atoms with Crippen molar-refractivity contribution in [2.45, 2.75) is 25.3 Å². The maximum Gasteiger partial charge on any atom is 0.244 e. The molecular weight excluding hydrogens is 256 g/mol. The van der Waals surface area contributed by atoms with Crippen molar-refractivity contribution < 1.29 is 9.53 Å². The van der Waals surface area contributed by atoms with Crippen LogP contribution in [0.5, 0.6) is 0 Å². The summed E-state index contributed by atoms with van der Waals surface area (Å²) in [7, 11) is 0. The van der Waals surface area contributed by atoms with E-state index in [0.717, 1.165) is 18.8 Å². The van der Waals surface area contributed by atoms with Crippen molar-refractivity contribution in [2.75, 3.05) is 39.4 Å². The molecule has 110 valence electrons. The fraction of sp³-hybridized carbons (Fsp3) is 0.714. The molecule has 0 bridgehead atoms. The van der Waals surface area contributed by atoms with Crippen LogP contribution in [-0.2, 0) is 16.1 Å². The highest BCUT2D eigenvalue weighted by atomic mass is 16.5. The molecule has 2 aliphatic rings. The smallest absolute Gasteiger partial charge is 0.244 e. The molecule has 6 nitrogen and oxygen atoms in total. The van der Waals surface area contributed by atoms with Crippen molar-refractivity contribution in [3.8, 4) is 0 Å². The van der Waals surface area contributed by atoms with Crippen LogP contribution in [0, 0.1) is 0 Å². The fourth-order valence-corrected chi connectivity index (χ4v) is 2.84. The summed E-state index contributed by atoms with van der Waals surface area (Å²) in [5, 5.41) is 7.96. The first-order valence-corrected chi connectivity index (χ1v) is 7.42. The largest absolute Gasteiger partial charge is 0.378 e. The first-order chi connectivity index (χ1) is 9.83. The summed E-state index contributed by atoms with van der Waals surface area (Å²) in [6, 6.07) is 2.05. The zero-order valence-electron chi connectivity index (χ0n) is 11.8. The monoisotopic (exact) mass is 278 g/mol. The molecule has 0 aliphatic carbocycles. The van der Waals surface area contributed by atoms with Crippen LogP contribution in [0.1, 0.15) is 24.5 Å². The number of hydrogen-bond donors (Lipinski definition) is 1. The molecule has 1 aromatic heterocycles. The normalized spacial score (nSPS) is 23.8. The standard InChI is InChI=1S/C14H22N4O2/c19-14(17-6-8-20-9-7-17)11-18-5-3-13(16-18)12-2-1-4-15-10-12/h3,5,12,15H,1-2,4,6-11H2/t12-/m1/s1. The van der Waals surface area contributed by atoms with E-state index >= 15 is 0 Å². The number of nitrogens with one attached hydrogen (secondary N) is 1. The molecule has 1 aromatic rings. The minimum Gasteiger partial charge on any atom is -0.378 e. The van der Waals surface area contributed by atoms with Crippen LogP contribution < -0.4 is 5.32 Å². The van der Waals surface area contributed by atoms with Crippen molar-refractivity contribution in [3.63, 3.8) is 0 Å². The first kappa shape index (κ1) is 13.6. The van der Waals surface area contributed by atoms with Gasteiger partial charge in [0.15, 0.2) is 0 Å². The third kappa shape index (κ3) is 3.19. The number of rotatable bonds is 3. The molecule has 0 saturated carbocycles. The molecule has 1 N–H and O–H groups in total. The van der Waals surface area contributed by atoms with Gasteiger partial charge in [-0.05, 0) is 25.5 Å². The molecule has 0 unspecified atom stereocenters. The number of aromatic nitrogens is 2. The van der Waals surface area contributed by atoms with Gasteiger partial charge < -0.3 is 15.0 Å². The summed E-state index contributed by atoms with van der Waals surface area (Å²) in [5.74, 6) is 0.619. The third-order valence-electron chi connectivity index (χ3n) is 4.04. The van der Waals surface area contributed by atoms with Crippen molar-refractivity contribution in [1.82, 2.24) is 20.0 Å². The van der Waals surface area contributed by atoms with Gasteiger partial charge in [0, 0.05) is 31.7 Å². The fourth-order valence-electron chi connectivity index (χ4n) is 2.84. The summed E-state index contributed by atoms with van der Waals surface area (Å²) in [6.07, 6.45) is 4.30. The minimum absolute atomic E-state index is 0.129. The number of hydrogen-bond acceptors (Lipinski definition) is 4. The van der Waals surface area contributed by atoms with Crippen LogP contribution in [0.3, 0.4) is 0 Å². The van der Waals surface area contributed by atoms with Gasteiger partial charge in [-0.3, -0.25) is 9.48 Å². The highest BCUT2D eigenvalue weighted by molar-refractivity contribution is 5.76. The Morgan fingerprint density at radius 1 is 1.45 bits per heavy atom. The highest BCUT2D eigenvalue weighted by Gasteiger charge is 2.20. The Morgan fingerprint density at radius 3 is 3.05 bits per heavy atom. The second-order valence-electron chi connectivity index (χ2n) is 5.47. The number of carbonyl (C=O) groups excluding carboxylic acids is 1. The van der Waals surface area contributed by atoms with E-state index in [2.05, 4.69) is 10.4 Å².